The molecule has 2 saturated heterocycles. The summed E-state index contributed by atoms with van der Waals surface area (Å²) < 4.78 is 4.80. The summed E-state index contributed by atoms with van der Waals surface area (Å²) in [6.45, 7) is 1.53. The van der Waals surface area contributed by atoms with Gasteiger partial charge in [-0.2, -0.15) is 0 Å². The van der Waals surface area contributed by atoms with Gasteiger partial charge >= 0.3 is 5.97 Å². The van der Waals surface area contributed by atoms with Crippen molar-refractivity contribution < 1.29 is 14.6 Å². The number of ether oxygens (including phenoxy) is 1. The van der Waals surface area contributed by atoms with Gasteiger partial charge in [-0.3, -0.25) is 9.69 Å². The van der Waals surface area contributed by atoms with Crippen LogP contribution in [0.3, 0.4) is 0 Å². The van der Waals surface area contributed by atoms with Gasteiger partial charge in [-0.05, 0) is 19.4 Å². The highest BCUT2D eigenvalue weighted by Gasteiger charge is 2.54. The Kier molecular flexibility index (Phi) is 2.04. The molecule has 2 aliphatic rings. The number of carbonyl (C=O) groups is 1. The first kappa shape index (κ1) is 8.97. The summed E-state index contributed by atoms with van der Waals surface area (Å²) in [5, 5.41) is 9.50. The molecular weight excluding hydrogens is 170 g/mol. The highest BCUT2D eigenvalue weighted by molar-refractivity contribution is 5.81. The highest BCUT2D eigenvalue weighted by atomic mass is 16.5. The summed E-state index contributed by atoms with van der Waals surface area (Å²) in [5.41, 5.74) is -0.492. The number of esters is 1. The van der Waals surface area contributed by atoms with E-state index in [-0.39, 0.29) is 12.1 Å². The molecule has 2 atom stereocenters. The maximum atomic E-state index is 11.6. The number of rotatable bonds is 1. The Hall–Kier alpha value is -0.610. The molecule has 0 bridgehead atoms. The molecule has 0 saturated carbocycles. The number of methoxy groups -OCH3 is 1. The zero-order valence-electron chi connectivity index (χ0n) is 7.82. The molecule has 0 aromatic rings. The summed E-state index contributed by atoms with van der Waals surface area (Å²) in [7, 11) is 1.41. The second-order valence-corrected chi connectivity index (χ2v) is 3.93. The maximum Gasteiger partial charge on any atom is 0.326 e. The quantitative estimate of drug-likeness (QED) is 0.573. The molecule has 13 heavy (non-hydrogen) atoms. The number of β-amino-alcohol motifs (C(OH)–C–C–N with tert-alkyl or cyclic N) is 1. The molecule has 0 spiro atoms. The van der Waals surface area contributed by atoms with Gasteiger partial charge in [0.25, 0.3) is 0 Å². The van der Waals surface area contributed by atoms with Gasteiger partial charge in [0.2, 0.25) is 0 Å². The van der Waals surface area contributed by atoms with E-state index in [1.807, 2.05) is 0 Å². The van der Waals surface area contributed by atoms with Crippen molar-refractivity contribution in [1.82, 2.24) is 4.90 Å². The second kappa shape index (κ2) is 2.96. The Balaban J connectivity index is 2.23. The number of hydrogen-bond donors (Lipinski definition) is 1. The van der Waals surface area contributed by atoms with E-state index in [9.17, 15) is 9.90 Å². The fourth-order valence-electron chi connectivity index (χ4n) is 2.64. The van der Waals surface area contributed by atoms with Crippen LogP contribution < -0.4 is 0 Å². The predicted octanol–water partition coefficient (Wildman–Crippen LogP) is -0.241. The molecule has 0 amide bonds. The Bertz CT molecular complexity index is 231. The van der Waals surface area contributed by atoms with E-state index in [1.54, 1.807) is 0 Å². The zero-order chi connectivity index (χ0) is 9.47. The molecule has 0 aromatic carbocycles. The lowest BCUT2D eigenvalue weighted by Crippen LogP contribution is -2.46. The van der Waals surface area contributed by atoms with E-state index in [4.69, 9.17) is 4.74 Å². The van der Waals surface area contributed by atoms with Gasteiger partial charge in [0.15, 0.2) is 0 Å². The Morgan fingerprint density at radius 3 is 3.15 bits per heavy atom. The van der Waals surface area contributed by atoms with Gasteiger partial charge in [0, 0.05) is 13.0 Å². The molecule has 0 aromatic heterocycles. The fraction of sp³-hybridized carbons (Fsp3) is 0.889. The predicted molar refractivity (Wildman–Crippen MR) is 46.2 cm³/mol. The van der Waals surface area contributed by atoms with Crippen LogP contribution in [0, 0.1) is 0 Å². The summed E-state index contributed by atoms with van der Waals surface area (Å²) in [6, 6.07) is 0. The van der Waals surface area contributed by atoms with Crippen molar-refractivity contribution in [2.24, 2.45) is 0 Å². The molecule has 0 aliphatic carbocycles. The van der Waals surface area contributed by atoms with Crippen molar-refractivity contribution in [1.29, 1.82) is 0 Å². The average Bonchev–Trinajstić information content (AvgIpc) is 2.59. The SMILES string of the molecule is COC(=O)C12CCCN1CC(O)C2. The molecule has 2 heterocycles. The minimum absolute atomic E-state index is 0.179. The summed E-state index contributed by atoms with van der Waals surface area (Å²) in [6.07, 6.45) is 2.04. The smallest absolute Gasteiger partial charge is 0.326 e. The number of nitrogens with zero attached hydrogens (tertiary/aromatic N) is 1. The number of aliphatic hydroxyl groups excluding tert-OH is 1. The maximum absolute atomic E-state index is 11.6. The third-order valence-electron chi connectivity index (χ3n) is 3.19. The molecule has 2 unspecified atom stereocenters. The first-order valence-electron chi connectivity index (χ1n) is 4.70. The minimum Gasteiger partial charge on any atom is -0.468 e. The van der Waals surface area contributed by atoms with E-state index >= 15 is 0 Å². The lowest BCUT2D eigenvalue weighted by atomic mass is 9.93. The van der Waals surface area contributed by atoms with Crippen molar-refractivity contribution in [3.05, 3.63) is 0 Å². The number of carbonyl (C=O) groups excluding carboxylic acids is 1. The van der Waals surface area contributed by atoms with Gasteiger partial charge in [-0.1, -0.05) is 0 Å². The minimum atomic E-state index is -0.492. The van der Waals surface area contributed by atoms with E-state index in [0.29, 0.717) is 13.0 Å². The van der Waals surface area contributed by atoms with Crippen LogP contribution in [0.4, 0.5) is 0 Å². The van der Waals surface area contributed by atoms with Crippen LogP contribution in [0.2, 0.25) is 0 Å². The number of hydrogen-bond acceptors (Lipinski definition) is 4. The van der Waals surface area contributed by atoms with Crippen molar-refractivity contribution in [3.8, 4) is 0 Å². The topological polar surface area (TPSA) is 49.8 Å². The largest absolute Gasteiger partial charge is 0.468 e. The van der Waals surface area contributed by atoms with Gasteiger partial charge in [0.1, 0.15) is 5.54 Å². The lowest BCUT2D eigenvalue weighted by molar-refractivity contribution is -0.151. The van der Waals surface area contributed by atoms with Crippen LogP contribution in [-0.4, -0.2) is 47.8 Å². The Labute approximate surface area is 77.5 Å². The van der Waals surface area contributed by atoms with Crippen LogP contribution in [0.15, 0.2) is 0 Å². The summed E-state index contributed by atoms with van der Waals surface area (Å²) in [4.78, 5) is 13.6. The van der Waals surface area contributed by atoms with Crippen molar-refractivity contribution in [2.45, 2.75) is 30.9 Å². The standard InChI is InChI=1S/C9H15NO3/c1-13-8(12)9-3-2-4-10(9)6-7(11)5-9/h7,11H,2-6H2,1H3. The Morgan fingerprint density at radius 1 is 1.69 bits per heavy atom. The third kappa shape index (κ3) is 1.16. The van der Waals surface area contributed by atoms with Crippen LogP contribution in [0.1, 0.15) is 19.3 Å². The van der Waals surface area contributed by atoms with Crippen molar-refractivity contribution >= 4 is 5.97 Å². The van der Waals surface area contributed by atoms with E-state index in [2.05, 4.69) is 4.90 Å². The van der Waals surface area contributed by atoms with Crippen LogP contribution >= 0.6 is 0 Å². The molecule has 2 rings (SSSR count). The molecule has 74 valence electrons. The molecule has 2 fully saturated rings. The highest BCUT2D eigenvalue weighted by Crippen LogP contribution is 2.39. The average molecular weight is 185 g/mol. The molecule has 4 nitrogen and oxygen atoms in total. The lowest BCUT2D eigenvalue weighted by Gasteiger charge is -2.27. The molecule has 2 aliphatic heterocycles. The van der Waals surface area contributed by atoms with Gasteiger partial charge in [-0.15, -0.1) is 0 Å². The molecule has 1 N–H and O–H groups in total. The normalized spacial score (nSPS) is 39.1. The first-order chi connectivity index (χ1) is 6.19. The monoisotopic (exact) mass is 185 g/mol. The third-order valence-corrected chi connectivity index (χ3v) is 3.19. The molecule has 0 radical (unpaired) electrons. The number of fused-ring (bicyclic) bond motifs is 1. The first-order valence-corrected chi connectivity index (χ1v) is 4.70. The Morgan fingerprint density at radius 2 is 2.46 bits per heavy atom. The molecule has 4 heteroatoms. The van der Waals surface area contributed by atoms with Crippen LogP contribution in [0.5, 0.6) is 0 Å². The molecular formula is C9H15NO3. The van der Waals surface area contributed by atoms with Crippen LogP contribution in [-0.2, 0) is 9.53 Å². The van der Waals surface area contributed by atoms with E-state index in [0.717, 1.165) is 19.4 Å². The van der Waals surface area contributed by atoms with E-state index < -0.39 is 5.54 Å². The summed E-state index contributed by atoms with van der Waals surface area (Å²) in [5.74, 6) is -0.179. The van der Waals surface area contributed by atoms with Crippen LogP contribution in [0.25, 0.3) is 0 Å². The van der Waals surface area contributed by atoms with Gasteiger partial charge in [0.05, 0.1) is 13.2 Å². The van der Waals surface area contributed by atoms with Crippen molar-refractivity contribution in [2.75, 3.05) is 20.2 Å². The second-order valence-electron chi connectivity index (χ2n) is 3.93. The van der Waals surface area contributed by atoms with Gasteiger partial charge in [-0.25, -0.2) is 0 Å². The van der Waals surface area contributed by atoms with Gasteiger partial charge < -0.3 is 9.84 Å². The van der Waals surface area contributed by atoms with E-state index in [1.165, 1.54) is 7.11 Å². The number of aliphatic hydroxyl groups is 1. The van der Waals surface area contributed by atoms with Crippen molar-refractivity contribution in [3.63, 3.8) is 0 Å². The summed E-state index contributed by atoms with van der Waals surface area (Å²) >= 11 is 0. The fourth-order valence-corrected chi connectivity index (χ4v) is 2.64. The zero-order valence-corrected chi connectivity index (χ0v) is 7.82.